The molecule has 31 heavy (non-hydrogen) atoms. The van der Waals surface area contributed by atoms with E-state index in [2.05, 4.69) is 28.5 Å². The van der Waals surface area contributed by atoms with Crippen molar-refractivity contribution >= 4 is 16.7 Å². The predicted octanol–water partition coefficient (Wildman–Crippen LogP) is 5.24. The van der Waals surface area contributed by atoms with E-state index < -0.39 is 0 Å². The number of pyridine rings is 1. The van der Waals surface area contributed by atoms with Crippen molar-refractivity contribution < 1.29 is 14.3 Å². The van der Waals surface area contributed by atoms with E-state index in [1.807, 2.05) is 43.5 Å². The van der Waals surface area contributed by atoms with E-state index in [1.165, 1.54) is 0 Å². The molecule has 1 N–H and O–H groups in total. The molecule has 0 radical (unpaired) electrons. The Bertz CT molecular complexity index is 1200. The topological polar surface area (TPSA) is 60.5 Å². The van der Waals surface area contributed by atoms with Gasteiger partial charge < -0.3 is 14.8 Å². The molecule has 3 aromatic carbocycles. The van der Waals surface area contributed by atoms with Crippen LogP contribution in [0.2, 0.25) is 0 Å². The summed E-state index contributed by atoms with van der Waals surface area (Å²) in [6, 6.07) is 21.3. The monoisotopic (exact) mass is 412 g/mol. The molecule has 4 rings (SSSR count). The summed E-state index contributed by atoms with van der Waals surface area (Å²) in [5.41, 5.74) is 3.79. The molecule has 0 bridgehead atoms. The molecule has 1 aromatic heterocycles. The van der Waals surface area contributed by atoms with E-state index in [0.717, 1.165) is 33.2 Å². The number of carbonyl (C=O) groups is 1. The van der Waals surface area contributed by atoms with Crippen molar-refractivity contribution in [2.75, 3.05) is 13.7 Å². The minimum absolute atomic E-state index is 0.147. The Kier molecular flexibility index (Phi) is 6.13. The SMILES string of the molecule is CCOc1ccc(-c2ccc(CNC(=O)c3cccc(OC)c3)c3cnccc23)cc1. The molecular formula is C26H24N2O3. The van der Waals surface area contributed by atoms with E-state index >= 15 is 0 Å². The number of nitrogens with zero attached hydrogens (tertiary/aromatic N) is 1. The lowest BCUT2D eigenvalue weighted by atomic mass is 9.96. The maximum atomic E-state index is 12.6. The van der Waals surface area contributed by atoms with Crippen LogP contribution < -0.4 is 14.8 Å². The number of methoxy groups -OCH3 is 1. The van der Waals surface area contributed by atoms with Crippen LogP contribution in [0.15, 0.2) is 79.1 Å². The number of benzene rings is 3. The molecular weight excluding hydrogens is 388 g/mol. The molecule has 4 aromatic rings. The van der Waals surface area contributed by atoms with Crippen LogP contribution in [0.25, 0.3) is 21.9 Å². The van der Waals surface area contributed by atoms with Gasteiger partial charge in [-0.2, -0.15) is 0 Å². The Morgan fingerprint density at radius 2 is 1.81 bits per heavy atom. The third kappa shape index (κ3) is 4.51. The zero-order valence-electron chi connectivity index (χ0n) is 17.6. The number of rotatable bonds is 7. The van der Waals surface area contributed by atoms with Crippen LogP contribution in [0, 0.1) is 0 Å². The Morgan fingerprint density at radius 3 is 2.58 bits per heavy atom. The highest BCUT2D eigenvalue weighted by atomic mass is 16.5. The molecule has 1 amide bonds. The van der Waals surface area contributed by atoms with Crippen molar-refractivity contribution in [2.45, 2.75) is 13.5 Å². The third-order valence-electron chi connectivity index (χ3n) is 5.16. The third-order valence-corrected chi connectivity index (χ3v) is 5.16. The summed E-state index contributed by atoms with van der Waals surface area (Å²) >= 11 is 0. The molecule has 0 aliphatic heterocycles. The Hall–Kier alpha value is -3.86. The maximum Gasteiger partial charge on any atom is 0.251 e. The zero-order valence-corrected chi connectivity index (χ0v) is 17.6. The highest BCUT2D eigenvalue weighted by Gasteiger charge is 2.11. The molecule has 0 aliphatic carbocycles. The van der Waals surface area contributed by atoms with Gasteiger partial charge in [0, 0.05) is 29.9 Å². The molecule has 0 atom stereocenters. The smallest absolute Gasteiger partial charge is 0.251 e. The summed E-state index contributed by atoms with van der Waals surface area (Å²) in [5, 5.41) is 5.10. The number of nitrogens with one attached hydrogen (secondary N) is 1. The van der Waals surface area contributed by atoms with E-state index in [9.17, 15) is 4.79 Å². The van der Waals surface area contributed by atoms with Crippen molar-refractivity contribution in [3.8, 4) is 22.6 Å². The van der Waals surface area contributed by atoms with Crippen molar-refractivity contribution in [2.24, 2.45) is 0 Å². The van der Waals surface area contributed by atoms with Crippen molar-refractivity contribution in [3.63, 3.8) is 0 Å². The summed E-state index contributed by atoms with van der Waals surface area (Å²) in [6.07, 6.45) is 3.64. The van der Waals surface area contributed by atoms with Crippen molar-refractivity contribution in [1.29, 1.82) is 0 Å². The summed E-state index contributed by atoms with van der Waals surface area (Å²) in [4.78, 5) is 16.9. The van der Waals surface area contributed by atoms with Crippen LogP contribution in [-0.2, 0) is 6.54 Å². The second-order valence-electron chi connectivity index (χ2n) is 7.07. The van der Waals surface area contributed by atoms with E-state index in [-0.39, 0.29) is 5.91 Å². The Balaban J connectivity index is 1.60. The van der Waals surface area contributed by atoms with Gasteiger partial charge in [-0.15, -0.1) is 0 Å². The summed E-state index contributed by atoms with van der Waals surface area (Å²) < 4.78 is 10.8. The number of carbonyl (C=O) groups excluding carboxylic acids is 1. The first kappa shape index (κ1) is 20.4. The Morgan fingerprint density at radius 1 is 0.968 bits per heavy atom. The average molecular weight is 412 g/mol. The van der Waals surface area contributed by atoms with Gasteiger partial charge >= 0.3 is 0 Å². The van der Waals surface area contributed by atoms with Gasteiger partial charge in [0.05, 0.1) is 13.7 Å². The summed E-state index contributed by atoms with van der Waals surface area (Å²) in [5.74, 6) is 1.36. The Labute approximate surface area is 181 Å². The van der Waals surface area contributed by atoms with Gasteiger partial charge in [-0.25, -0.2) is 0 Å². The highest BCUT2D eigenvalue weighted by Crippen LogP contribution is 2.31. The molecule has 0 saturated heterocycles. The highest BCUT2D eigenvalue weighted by molar-refractivity contribution is 5.99. The quantitative estimate of drug-likeness (QED) is 0.451. The number of ether oxygens (including phenoxy) is 2. The van der Waals surface area contributed by atoms with E-state index in [4.69, 9.17) is 9.47 Å². The fourth-order valence-corrected chi connectivity index (χ4v) is 3.59. The maximum absolute atomic E-state index is 12.6. The van der Waals surface area contributed by atoms with Crippen LogP contribution >= 0.6 is 0 Å². The molecule has 156 valence electrons. The second kappa shape index (κ2) is 9.30. The van der Waals surface area contributed by atoms with Gasteiger partial charge in [-0.1, -0.05) is 30.3 Å². The first-order valence-electron chi connectivity index (χ1n) is 10.2. The number of aromatic nitrogens is 1. The minimum atomic E-state index is -0.147. The summed E-state index contributed by atoms with van der Waals surface area (Å²) in [7, 11) is 1.59. The van der Waals surface area contributed by atoms with Crippen molar-refractivity contribution in [1.82, 2.24) is 10.3 Å². The molecule has 5 nitrogen and oxygen atoms in total. The van der Waals surface area contributed by atoms with Crippen molar-refractivity contribution in [3.05, 3.63) is 90.3 Å². The van der Waals surface area contributed by atoms with Gasteiger partial charge in [0.2, 0.25) is 0 Å². The number of hydrogen-bond donors (Lipinski definition) is 1. The van der Waals surface area contributed by atoms with Gasteiger partial charge in [0.25, 0.3) is 5.91 Å². The van der Waals surface area contributed by atoms with Crippen LogP contribution in [0.3, 0.4) is 0 Å². The van der Waals surface area contributed by atoms with Gasteiger partial charge in [-0.3, -0.25) is 9.78 Å². The normalized spacial score (nSPS) is 10.6. The molecule has 0 unspecified atom stereocenters. The minimum Gasteiger partial charge on any atom is -0.497 e. The average Bonchev–Trinajstić information content (AvgIpc) is 2.83. The molecule has 1 heterocycles. The lowest BCUT2D eigenvalue weighted by molar-refractivity contribution is 0.0950. The van der Waals surface area contributed by atoms with Gasteiger partial charge in [-0.05, 0) is 65.4 Å². The number of fused-ring (bicyclic) bond motifs is 1. The van der Waals surface area contributed by atoms with Crippen LogP contribution in [0.1, 0.15) is 22.8 Å². The standard InChI is InChI=1S/C26H24N2O3/c1-3-31-21-10-7-18(8-11-21)23-12-9-20(25-17-27-14-13-24(23)25)16-28-26(29)19-5-4-6-22(15-19)30-2/h4-15,17H,3,16H2,1-2H3,(H,28,29). The van der Waals surface area contributed by atoms with E-state index in [0.29, 0.717) is 24.5 Å². The molecule has 0 saturated carbocycles. The van der Waals surface area contributed by atoms with Gasteiger partial charge in [0.1, 0.15) is 11.5 Å². The fraction of sp³-hybridized carbons (Fsp3) is 0.154. The molecule has 0 spiro atoms. The molecule has 0 fully saturated rings. The molecule has 0 aliphatic rings. The van der Waals surface area contributed by atoms with Crippen LogP contribution in [-0.4, -0.2) is 24.6 Å². The fourth-order valence-electron chi connectivity index (χ4n) is 3.59. The second-order valence-corrected chi connectivity index (χ2v) is 7.07. The predicted molar refractivity (Wildman–Crippen MR) is 123 cm³/mol. The van der Waals surface area contributed by atoms with Gasteiger partial charge in [0.15, 0.2) is 0 Å². The number of amides is 1. The largest absolute Gasteiger partial charge is 0.497 e. The first-order chi connectivity index (χ1) is 15.2. The lowest BCUT2D eigenvalue weighted by Gasteiger charge is -2.13. The van der Waals surface area contributed by atoms with Crippen LogP contribution in [0.4, 0.5) is 0 Å². The first-order valence-corrected chi connectivity index (χ1v) is 10.2. The van der Waals surface area contributed by atoms with E-state index in [1.54, 1.807) is 31.5 Å². The van der Waals surface area contributed by atoms with Crippen LogP contribution in [0.5, 0.6) is 11.5 Å². The summed E-state index contributed by atoms with van der Waals surface area (Å²) in [6.45, 7) is 3.02. The zero-order chi connectivity index (χ0) is 21.6. The number of hydrogen-bond acceptors (Lipinski definition) is 4. The molecule has 5 heteroatoms. The lowest BCUT2D eigenvalue weighted by Crippen LogP contribution is -2.22.